The SMILES string of the molecule is COc1ccc(Br)cc1S(=O)(=O)NC[C@@H](c1cccs1)c1c[nH]c2ccccc12. The average molecular weight is 491 g/mol. The summed E-state index contributed by atoms with van der Waals surface area (Å²) in [5, 5.41) is 3.09. The van der Waals surface area contributed by atoms with Gasteiger partial charge in [-0.25, -0.2) is 13.1 Å². The normalized spacial score (nSPS) is 12.9. The first-order chi connectivity index (χ1) is 14.0. The molecule has 8 heteroatoms. The third-order valence-electron chi connectivity index (χ3n) is 4.78. The molecule has 0 saturated carbocycles. The van der Waals surface area contributed by atoms with Crippen molar-refractivity contribution in [1.29, 1.82) is 0 Å². The summed E-state index contributed by atoms with van der Waals surface area (Å²) in [5.74, 6) is 0.194. The fraction of sp³-hybridized carbons (Fsp3) is 0.143. The minimum absolute atomic E-state index is 0.109. The molecule has 2 aromatic carbocycles. The monoisotopic (exact) mass is 490 g/mol. The number of benzene rings is 2. The lowest BCUT2D eigenvalue weighted by Gasteiger charge is -2.17. The van der Waals surface area contributed by atoms with Crippen molar-refractivity contribution in [3.05, 3.63) is 81.1 Å². The van der Waals surface area contributed by atoms with Crippen LogP contribution in [0.15, 0.2) is 75.5 Å². The van der Waals surface area contributed by atoms with Crippen molar-refractivity contribution in [3.8, 4) is 5.75 Å². The molecule has 0 aliphatic carbocycles. The molecule has 2 N–H and O–H groups in total. The molecule has 0 fully saturated rings. The summed E-state index contributed by atoms with van der Waals surface area (Å²) < 4.78 is 34.8. The molecule has 0 aliphatic heterocycles. The Balaban J connectivity index is 1.69. The van der Waals surface area contributed by atoms with Crippen LogP contribution in [0, 0.1) is 0 Å². The molecule has 150 valence electrons. The van der Waals surface area contributed by atoms with Gasteiger partial charge in [0.05, 0.1) is 7.11 Å². The van der Waals surface area contributed by atoms with Crippen LogP contribution in [0.1, 0.15) is 16.4 Å². The Morgan fingerprint density at radius 1 is 1.17 bits per heavy atom. The van der Waals surface area contributed by atoms with Gasteiger partial charge in [-0.3, -0.25) is 0 Å². The summed E-state index contributed by atoms with van der Waals surface area (Å²) in [4.78, 5) is 4.49. The molecule has 0 bridgehead atoms. The van der Waals surface area contributed by atoms with Gasteiger partial charge in [0.2, 0.25) is 10.0 Å². The summed E-state index contributed by atoms with van der Waals surface area (Å²) in [6, 6.07) is 17.0. The third-order valence-corrected chi connectivity index (χ3v) is 7.70. The van der Waals surface area contributed by atoms with Crippen LogP contribution in [0.4, 0.5) is 0 Å². The van der Waals surface area contributed by atoms with Gasteiger partial charge in [-0.15, -0.1) is 11.3 Å². The number of sulfonamides is 1. The Kier molecular flexibility index (Phi) is 5.78. The zero-order chi connectivity index (χ0) is 20.4. The number of rotatable bonds is 7. The highest BCUT2D eigenvalue weighted by atomic mass is 79.9. The maximum atomic E-state index is 13.1. The third kappa shape index (κ3) is 4.11. The number of ether oxygens (including phenoxy) is 1. The average Bonchev–Trinajstić information content (AvgIpc) is 3.39. The second kappa shape index (κ2) is 8.31. The van der Waals surface area contributed by atoms with E-state index in [1.807, 2.05) is 48.0 Å². The molecular weight excluding hydrogens is 472 g/mol. The van der Waals surface area contributed by atoms with E-state index < -0.39 is 10.0 Å². The second-order valence-electron chi connectivity index (χ2n) is 6.50. The maximum Gasteiger partial charge on any atom is 0.244 e. The topological polar surface area (TPSA) is 71.2 Å². The van der Waals surface area contributed by atoms with E-state index in [4.69, 9.17) is 4.74 Å². The number of fused-ring (bicyclic) bond motifs is 1. The van der Waals surface area contributed by atoms with Gasteiger partial charge >= 0.3 is 0 Å². The Hall–Kier alpha value is -2.13. The smallest absolute Gasteiger partial charge is 0.244 e. The molecule has 2 aromatic heterocycles. The van der Waals surface area contributed by atoms with E-state index in [9.17, 15) is 8.42 Å². The fourth-order valence-corrected chi connectivity index (χ4v) is 5.97. The van der Waals surface area contributed by atoms with Crippen LogP contribution in [-0.2, 0) is 10.0 Å². The van der Waals surface area contributed by atoms with E-state index >= 15 is 0 Å². The predicted molar refractivity (Wildman–Crippen MR) is 120 cm³/mol. The van der Waals surface area contributed by atoms with Gasteiger partial charge in [-0.2, -0.15) is 0 Å². The molecule has 0 aliphatic rings. The first-order valence-corrected chi connectivity index (χ1v) is 12.1. The van der Waals surface area contributed by atoms with Crippen molar-refractivity contribution in [3.63, 3.8) is 0 Å². The summed E-state index contributed by atoms with van der Waals surface area (Å²) in [6.45, 7) is 0.236. The van der Waals surface area contributed by atoms with Crippen LogP contribution in [-0.4, -0.2) is 27.1 Å². The lowest BCUT2D eigenvalue weighted by atomic mass is 9.97. The largest absolute Gasteiger partial charge is 0.495 e. The van der Waals surface area contributed by atoms with E-state index in [0.29, 0.717) is 10.2 Å². The van der Waals surface area contributed by atoms with Crippen LogP contribution >= 0.6 is 27.3 Å². The van der Waals surface area contributed by atoms with Gasteiger partial charge in [0.1, 0.15) is 10.6 Å². The van der Waals surface area contributed by atoms with Crippen LogP contribution < -0.4 is 9.46 Å². The molecule has 0 radical (unpaired) electrons. The zero-order valence-corrected chi connectivity index (χ0v) is 18.8. The number of aromatic nitrogens is 1. The van der Waals surface area contributed by atoms with Crippen molar-refractivity contribution in [2.24, 2.45) is 0 Å². The molecule has 0 saturated heterocycles. The minimum atomic E-state index is -3.77. The Morgan fingerprint density at radius 3 is 2.76 bits per heavy atom. The van der Waals surface area contributed by atoms with Gasteiger partial charge in [-0.1, -0.05) is 40.2 Å². The van der Waals surface area contributed by atoms with Crippen molar-refractivity contribution >= 4 is 48.2 Å². The van der Waals surface area contributed by atoms with E-state index in [-0.39, 0.29) is 17.4 Å². The maximum absolute atomic E-state index is 13.1. The molecule has 0 unspecified atom stereocenters. The highest BCUT2D eigenvalue weighted by Crippen LogP contribution is 2.34. The van der Waals surface area contributed by atoms with E-state index in [1.165, 1.54) is 7.11 Å². The van der Waals surface area contributed by atoms with Crippen molar-refractivity contribution in [2.75, 3.05) is 13.7 Å². The van der Waals surface area contributed by atoms with Crippen LogP contribution in [0.25, 0.3) is 10.9 Å². The molecule has 29 heavy (non-hydrogen) atoms. The molecule has 4 aromatic rings. The number of methoxy groups -OCH3 is 1. The summed E-state index contributed by atoms with van der Waals surface area (Å²) in [5.41, 5.74) is 2.09. The van der Waals surface area contributed by atoms with Gasteiger partial charge in [0.25, 0.3) is 0 Å². The van der Waals surface area contributed by atoms with Crippen molar-refractivity contribution < 1.29 is 13.2 Å². The molecule has 0 amide bonds. The van der Waals surface area contributed by atoms with Gasteiger partial charge in [-0.05, 0) is 41.3 Å². The highest BCUT2D eigenvalue weighted by Gasteiger charge is 2.25. The number of aromatic amines is 1. The van der Waals surface area contributed by atoms with Crippen LogP contribution in [0.5, 0.6) is 5.75 Å². The summed E-state index contributed by atoms with van der Waals surface area (Å²) >= 11 is 4.95. The van der Waals surface area contributed by atoms with Crippen molar-refractivity contribution in [2.45, 2.75) is 10.8 Å². The predicted octanol–water partition coefficient (Wildman–Crippen LogP) is 5.11. The quantitative estimate of drug-likeness (QED) is 0.378. The first kappa shape index (κ1) is 20.2. The fourth-order valence-electron chi connectivity index (χ4n) is 3.37. The number of H-pyrrole nitrogens is 1. The highest BCUT2D eigenvalue weighted by molar-refractivity contribution is 9.10. The number of hydrogen-bond donors (Lipinski definition) is 2. The second-order valence-corrected chi connectivity index (χ2v) is 10.1. The lowest BCUT2D eigenvalue weighted by Crippen LogP contribution is -2.29. The minimum Gasteiger partial charge on any atom is -0.495 e. The van der Waals surface area contributed by atoms with E-state index in [1.54, 1.807) is 29.5 Å². The number of hydrogen-bond acceptors (Lipinski definition) is 4. The van der Waals surface area contributed by atoms with Crippen LogP contribution in [0.3, 0.4) is 0 Å². The molecule has 4 rings (SSSR count). The number of para-hydroxylation sites is 1. The van der Waals surface area contributed by atoms with E-state index in [0.717, 1.165) is 21.3 Å². The lowest BCUT2D eigenvalue weighted by molar-refractivity contribution is 0.402. The first-order valence-electron chi connectivity index (χ1n) is 8.92. The number of thiophene rings is 1. The van der Waals surface area contributed by atoms with Gasteiger partial charge in [0, 0.05) is 38.9 Å². The van der Waals surface area contributed by atoms with Crippen molar-refractivity contribution in [1.82, 2.24) is 9.71 Å². The molecule has 5 nitrogen and oxygen atoms in total. The number of halogens is 1. The zero-order valence-electron chi connectivity index (χ0n) is 15.6. The van der Waals surface area contributed by atoms with Gasteiger partial charge < -0.3 is 9.72 Å². The van der Waals surface area contributed by atoms with Gasteiger partial charge in [0.15, 0.2) is 0 Å². The summed E-state index contributed by atoms with van der Waals surface area (Å²) in [7, 11) is -2.31. The molecule has 2 heterocycles. The number of nitrogens with one attached hydrogen (secondary N) is 2. The van der Waals surface area contributed by atoms with E-state index in [2.05, 4.69) is 25.6 Å². The standard InChI is InChI=1S/C21H19BrN2O3S2/c1-27-19-9-8-14(22)11-21(19)29(25,26)24-13-17(20-7-4-10-28-20)16-12-23-18-6-3-2-5-15(16)18/h2-12,17,23-24H,13H2,1H3/t17-/m1/s1. The Morgan fingerprint density at radius 2 is 2.00 bits per heavy atom. The molecular formula is C21H19BrN2O3S2. The summed E-state index contributed by atoms with van der Waals surface area (Å²) in [6.07, 6.45) is 1.96. The molecule has 0 spiro atoms. The van der Waals surface area contributed by atoms with Crippen LogP contribution in [0.2, 0.25) is 0 Å². The molecule has 1 atom stereocenters. The Labute approximate surface area is 181 Å². The Bertz CT molecular complexity index is 1230.